The number of sulfonamides is 1. The van der Waals surface area contributed by atoms with Gasteiger partial charge in [-0.15, -0.1) is 0 Å². The molecule has 0 saturated heterocycles. The maximum Gasteiger partial charge on any atom is 0.255 e. The van der Waals surface area contributed by atoms with Crippen LogP contribution < -0.4 is 16.6 Å². The second-order valence-electron chi connectivity index (χ2n) is 8.15. The Kier molecular flexibility index (Phi) is 8.82. The van der Waals surface area contributed by atoms with Crippen LogP contribution in [-0.4, -0.2) is 40.5 Å². The molecule has 0 aliphatic carbocycles. The predicted molar refractivity (Wildman–Crippen MR) is 140 cm³/mol. The van der Waals surface area contributed by atoms with Crippen molar-refractivity contribution in [2.45, 2.75) is 38.1 Å². The predicted octanol–water partition coefficient (Wildman–Crippen LogP) is 3.13. The number of amides is 1. The molecule has 11 heteroatoms. The lowest BCUT2D eigenvalue weighted by Gasteiger charge is -2.23. The van der Waals surface area contributed by atoms with Crippen LogP contribution in [0.2, 0.25) is 0 Å². The van der Waals surface area contributed by atoms with Crippen molar-refractivity contribution < 1.29 is 13.2 Å². The fourth-order valence-electron chi connectivity index (χ4n) is 3.59. The summed E-state index contributed by atoms with van der Waals surface area (Å²) in [7, 11) is -3.79. The second kappa shape index (κ2) is 11.6. The summed E-state index contributed by atoms with van der Waals surface area (Å²) in [6.07, 6.45) is 0.770. The van der Waals surface area contributed by atoms with Crippen molar-refractivity contribution in [3.05, 3.63) is 81.3 Å². The Labute approximate surface area is 213 Å². The maximum absolute atomic E-state index is 13.5. The van der Waals surface area contributed by atoms with Gasteiger partial charge in [-0.3, -0.25) is 14.6 Å². The lowest BCUT2D eigenvalue weighted by molar-refractivity contribution is -0.113. The number of alkyl halides is 1. The molecule has 35 heavy (non-hydrogen) atoms. The topological polar surface area (TPSA) is 138 Å². The minimum absolute atomic E-state index is 0.0515. The molecule has 0 spiro atoms. The number of nitrogens with zero attached hydrogens (tertiary/aromatic N) is 2. The number of carbonyl (C=O) groups excluding carboxylic acids is 1. The Bertz CT molecular complexity index is 1340. The molecule has 1 heterocycles. The Balaban J connectivity index is 1.82. The second-order valence-corrected chi connectivity index (χ2v) is 10.6. The number of carbonyl (C=O) groups is 1. The molecule has 1 amide bonds. The highest BCUT2D eigenvalue weighted by atomic mass is 79.9. The van der Waals surface area contributed by atoms with Gasteiger partial charge in [-0.1, -0.05) is 45.8 Å². The normalized spacial score (nSPS) is 11.5. The van der Waals surface area contributed by atoms with Gasteiger partial charge in [0.1, 0.15) is 0 Å². The number of halogens is 1. The van der Waals surface area contributed by atoms with Gasteiger partial charge in [0.15, 0.2) is 0 Å². The zero-order valence-corrected chi connectivity index (χ0v) is 21.9. The maximum atomic E-state index is 13.5. The van der Waals surface area contributed by atoms with Gasteiger partial charge in [0, 0.05) is 30.0 Å². The fourth-order valence-corrected chi connectivity index (χ4v) is 5.20. The van der Waals surface area contributed by atoms with Crippen LogP contribution >= 0.6 is 15.9 Å². The molecule has 0 unspecified atom stereocenters. The third-order valence-corrected chi connectivity index (χ3v) is 7.82. The lowest BCUT2D eigenvalue weighted by Crippen LogP contribution is -2.32. The van der Waals surface area contributed by atoms with Gasteiger partial charge in [0.05, 0.1) is 10.2 Å². The van der Waals surface area contributed by atoms with Crippen LogP contribution in [0.25, 0.3) is 0 Å². The first kappa shape index (κ1) is 26.6. The highest BCUT2D eigenvalue weighted by Gasteiger charge is 2.24. The van der Waals surface area contributed by atoms with Gasteiger partial charge in [-0.25, -0.2) is 13.4 Å². The van der Waals surface area contributed by atoms with E-state index in [1.807, 2.05) is 6.92 Å². The quantitative estimate of drug-likeness (QED) is 0.325. The van der Waals surface area contributed by atoms with E-state index in [0.717, 1.165) is 11.1 Å². The van der Waals surface area contributed by atoms with Crippen molar-refractivity contribution in [1.82, 2.24) is 14.3 Å². The Morgan fingerprint density at radius 1 is 1.11 bits per heavy atom. The summed E-state index contributed by atoms with van der Waals surface area (Å²) in [4.78, 5) is 30.6. The van der Waals surface area contributed by atoms with E-state index in [1.54, 1.807) is 55.5 Å². The lowest BCUT2D eigenvalue weighted by atomic mass is 10.1. The minimum atomic E-state index is -3.79. The van der Waals surface area contributed by atoms with Crippen molar-refractivity contribution >= 4 is 43.5 Å². The summed E-state index contributed by atoms with van der Waals surface area (Å²) in [5.74, 6) is -0.126. The first-order valence-electron chi connectivity index (χ1n) is 11.0. The largest absolute Gasteiger partial charge is 0.369 e. The van der Waals surface area contributed by atoms with E-state index in [1.165, 1.54) is 4.31 Å². The number of nitrogens with two attached hydrogens (primary N) is 1. The van der Waals surface area contributed by atoms with Crippen molar-refractivity contribution in [3.63, 3.8) is 0 Å². The van der Waals surface area contributed by atoms with Gasteiger partial charge < -0.3 is 11.1 Å². The van der Waals surface area contributed by atoms with Crippen LogP contribution in [0, 0.1) is 13.8 Å². The molecule has 4 N–H and O–H groups in total. The number of nitrogen functional groups attached to an aromatic ring is 1. The van der Waals surface area contributed by atoms with Crippen LogP contribution in [0.5, 0.6) is 0 Å². The zero-order chi connectivity index (χ0) is 25.6. The standard InChI is InChI=1S/C24H28BrN5O4S/c1-16-5-11-20(12-6-16)35(33,34)30(13-3-4-21-17(2)27-24(26)29-23(21)32)15-18-7-9-19(10-8-18)28-22(31)14-25/h5-12H,3-4,13-15H2,1-2H3,(H,28,31)(H3,26,27,29,32). The Morgan fingerprint density at radius 3 is 2.37 bits per heavy atom. The fraction of sp³-hybridized carbons (Fsp3) is 0.292. The molecule has 0 aliphatic heterocycles. The van der Waals surface area contributed by atoms with Crippen molar-refractivity contribution in [2.24, 2.45) is 0 Å². The molecule has 3 aromatic rings. The number of aryl methyl sites for hydroxylation is 2. The van der Waals surface area contributed by atoms with Crippen LogP contribution in [0.15, 0.2) is 58.2 Å². The molecule has 0 aliphatic rings. The van der Waals surface area contributed by atoms with E-state index in [0.29, 0.717) is 29.8 Å². The first-order valence-corrected chi connectivity index (χ1v) is 13.5. The summed E-state index contributed by atoms with van der Waals surface area (Å²) >= 11 is 3.10. The third-order valence-electron chi connectivity index (χ3n) is 5.45. The van der Waals surface area contributed by atoms with Gasteiger partial charge in [-0.05, 0) is 56.5 Å². The SMILES string of the molecule is Cc1ccc(S(=O)(=O)N(CCCc2c(C)nc(N)[nH]c2=O)Cc2ccc(NC(=O)CBr)cc2)cc1. The number of anilines is 2. The molecule has 0 bridgehead atoms. The molecule has 0 radical (unpaired) electrons. The molecular formula is C24H28BrN5O4S. The van der Waals surface area contributed by atoms with E-state index in [2.05, 4.69) is 31.2 Å². The molecule has 1 aromatic heterocycles. The highest BCUT2D eigenvalue weighted by molar-refractivity contribution is 9.09. The summed E-state index contributed by atoms with van der Waals surface area (Å²) < 4.78 is 28.4. The van der Waals surface area contributed by atoms with E-state index < -0.39 is 10.0 Å². The monoisotopic (exact) mass is 561 g/mol. The summed E-state index contributed by atoms with van der Waals surface area (Å²) in [6.45, 7) is 3.93. The van der Waals surface area contributed by atoms with E-state index in [-0.39, 0.29) is 40.7 Å². The molecule has 9 nitrogen and oxygen atoms in total. The van der Waals surface area contributed by atoms with Crippen molar-refractivity contribution in [2.75, 3.05) is 22.9 Å². The smallest absolute Gasteiger partial charge is 0.255 e. The number of hydrogen-bond donors (Lipinski definition) is 3. The van der Waals surface area contributed by atoms with E-state index >= 15 is 0 Å². The highest BCUT2D eigenvalue weighted by Crippen LogP contribution is 2.21. The molecule has 0 fully saturated rings. The van der Waals surface area contributed by atoms with Gasteiger partial charge in [0.2, 0.25) is 21.9 Å². The van der Waals surface area contributed by atoms with Crippen LogP contribution in [0.4, 0.5) is 11.6 Å². The zero-order valence-electron chi connectivity index (χ0n) is 19.5. The Hall–Kier alpha value is -3.02. The molecule has 0 atom stereocenters. The molecule has 3 rings (SSSR count). The Morgan fingerprint density at radius 2 is 1.77 bits per heavy atom. The van der Waals surface area contributed by atoms with Crippen molar-refractivity contribution in [1.29, 1.82) is 0 Å². The number of aromatic amines is 1. The van der Waals surface area contributed by atoms with E-state index in [9.17, 15) is 18.0 Å². The van der Waals surface area contributed by atoms with Gasteiger partial charge >= 0.3 is 0 Å². The number of H-pyrrole nitrogens is 1. The number of benzene rings is 2. The number of aromatic nitrogens is 2. The summed E-state index contributed by atoms with van der Waals surface area (Å²) in [6, 6.07) is 13.7. The average Bonchev–Trinajstić information content (AvgIpc) is 2.81. The molecule has 0 saturated carbocycles. The summed E-state index contributed by atoms with van der Waals surface area (Å²) in [5.41, 5.74) is 8.63. The van der Waals surface area contributed by atoms with E-state index in [4.69, 9.17) is 5.73 Å². The minimum Gasteiger partial charge on any atom is -0.369 e. The first-order chi connectivity index (χ1) is 16.6. The van der Waals surface area contributed by atoms with Crippen LogP contribution in [0.3, 0.4) is 0 Å². The molecule has 186 valence electrons. The summed E-state index contributed by atoms with van der Waals surface area (Å²) in [5, 5.41) is 2.92. The van der Waals surface area contributed by atoms with Crippen LogP contribution in [0.1, 0.15) is 28.8 Å². The molecule has 2 aromatic carbocycles. The van der Waals surface area contributed by atoms with Gasteiger partial charge in [-0.2, -0.15) is 4.31 Å². The van der Waals surface area contributed by atoms with Gasteiger partial charge in [0.25, 0.3) is 5.56 Å². The molecular weight excluding hydrogens is 534 g/mol. The number of rotatable bonds is 10. The number of nitrogens with one attached hydrogen (secondary N) is 2. The van der Waals surface area contributed by atoms with Crippen LogP contribution in [-0.2, 0) is 27.8 Å². The average molecular weight is 562 g/mol. The third kappa shape index (κ3) is 7.00. The number of hydrogen-bond acceptors (Lipinski definition) is 6. The van der Waals surface area contributed by atoms with Crippen molar-refractivity contribution in [3.8, 4) is 0 Å².